The molecular formula is C12H23ClN2O2. The molecule has 2 fully saturated rings. The van der Waals surface area contributed by atoms with Crippen LogP contribution in [-0.2, 0) is 9.53 Å². The van der Waals surface area contributed by atoms with Crippen LogP contribution in [-0.4, -0.2) is 31.7 Å². The zero-order valence-corrected chi connectivity index (χ0v) is 11.0. The second kappa shape index (κ2) is 7.19. The molecule has 17 heavy (non-hydrogen) atoms. The molecule has 0 spiro atoms. The van der Waals surface area contributed by atoms with Gasteiger partial charge in [0.1, 0.15) is 0 Å². The van der Waals surface area contributed by atoms with Crippen molar-refractivity contribution in [2.75, 3.05) is 19.8 Å². The molecule has 5 heteroatoms. The summed E-state index contributed by atoms with van der Waals surface area (Å²) in [6.45, 7) is 2.26. The molecule has 0 aromatic carbocycles. The van der Waals surface area contributed by atoms with Crippen molar-refractivity contribution in [2.45, 2.75) is 38.1 Å². The third kappa shape index (κ3) is 4.82. The topological polar surface area (TPSA) is 64.3 Å². The highest BCUT2D eigenvalue weighted by Gasteiger charge is 2.31. The molecule has 1 saturated carbocycles. The van der Waals surface area contributed by atoms with E-state index >= 15 is 0 Å². The Morgan fingerprint density at radius 3 is 2.71 bits per heavy atom. The molecule has 1 heterocycles. The van der Waals surface area contributed by atoms with Crippen LogP contribution in [0.1, 0.15) is 32.1 Å². The van der Waals surface area contributed by atoms with E-state index in [4.69, 9.17) is 10.5 Å². The maximum Gasteiger partial charge on any atom is 0.220 e. The van der Waals surface area contributed by atoms with E-state index in [0.717, 1.165) is 26.1 Å². The summed E-state index contributed by atoms with van der Waals surface area (Å²) in [5.41, 5.74) is 5.65. The van der Waals surface area contributed by atoms with Crippen LogP contribution >= 0.6 is 12.4 Å². The summed E-state index contributed by atoms with van der Waals surface area (Å²) < 4.78 is 5.29. The quantitative estimate of drug-likeness (QED) is 0.753. The Bertz CT molecular complexity index is 241. The van der Waals surface area contributed by atoms with Gasteiger partial charge in [0.2, 0.25) is 5.91 Å². The smallest absolute Gasteiger partial charge is 0.220 e. The van der Waals surface area contributed by atoms with Gasteiger partial charge in [-0.25, -0.2) is 0 Å². The van der Waals surface area contributed by atoms with Gasteiger partial charge < -0.3 is 15.8 Å². The number of carbonyl (C=O) groups is 1. The molecule has 1 aliphatic heterocycles. The first kappa shape index (κ1) is 14.7. The Kier molecular flexibility index (Phi) is 6.23. The molecule has 1 amide bonds. The molecule has 0 radical (unpaired) electrons. The van der Waals surface area contributed by atoms with Crippen LogP contribution in [0.25, 0.3) is 0 Å². The third-order valence-corrected chi connectivity index (χ3v) is 3.59. The van der Waals surface area contributed by atoms with E-state index in [9.17, 15) is 4.79 Å². The molecule has 0 aromatic rings. The van der Waals surface area contributed by atoms with E-state index < -0.39 is 0 Å². The van der Waals surface area contributed by atoms with Crippen LogP contribution in [0.5, 0.6) is 0 Å². The first-order valence-corrected chi connectivity index (χ1v) is 6.36. The average Bonchev–Trinajstić information content (AvgIpc) is 3.00. The molecule has 4 nitrogen and oxygen atoms in total. The molecule has 3 N–H and O–H groups in total. The Hall–Kier alpha value is -0.320. The van der Waals surface area contributed by atoms with Crippen LogP contribution in [0.4, 0.5) is 0 Å². The minimum Gasteiger partial charge on any atom is -0.381 e. The number of ether oxygens (including phenoxy) is 1. The summed E-state index contributed by atoms with van der Waals surface area (Å²) >= 11 is 0. The fourth-order valence-electron chi connectivity index (χ4n) is 2.29. The molecule has 1 saturated heterocycles. The third-order valence-electron chi connectivity index (χ3n) is 3.59. The van der Waals surface area contributed by atoms with E-state index in [1.165, 1.54) is 12.8 Å². The van der Waals surface area contributed by atoms with Gasteiger partial charge in [0.05, 0.1) is 0 Å². The second-order valence-electron chi connectivity index (χ2n) is 5.02. The summed E-state index contributed by atoms with van der Waals surface area (Å²) in [4.78, 5) is 11.7. The molecule has 2 aliphatic rings. The Labute approximate surface area is 109 Å². The first-order chi connectivity index (χ1) is 7.79. The number of amides is 1. The van der Waals surface area contributed by atoms with Crippen LogP contribution in [0.15, 0.2) is 0 Å². The number of hydrogen-bond acceptors (Lipinski definition) is 3. The minimum absolute atomic E-state index is 0. The van der Waals surface area contributed by atoms with Crippen molar-refractivity contribution in [3.63, 3.8) is 0 Å². The zero-order valence-electron chi connectivity index (χ0n) is 10.2. The summed E-state index contributed by atoms with van der Waals surface area (Å²) in [5.74, 6) is 1.39. The van der Waals surface area contributed by atoms with Crippen molar-refractivity contribution >= 4 is 18.3 Å². The molecule has 0 bridgehead atoms. The SMILES string of the molecule is Cl.NCC(NC(=O)CCC1CCOC1)C1CC1. The van der Waals surface area contributed by atoms with E-state index in [1.54, 1.807) is 0 Å². The predicted octanol–water partition coefficient (Wildman–Crippen LogP) is 1.08. The lowest BCUT2D eigenvalue weighted by atomic mass is 10.0. The number of rotatable bonds is 6. The highest BCUT2D eigenvalue weighted by atomic mass is 35.5. The average molecular weight is 263 g/mol. The van der Waals surface area contributed by atoms with E-state index in [1.807, 2.05) is 0 Å². The summed E-state index contributed by atoms with van der Waals surface area (Å²) in [5, 5.41) is 3.05. The molecule has 100 valence electrons. The maximum atomic E-state index is 11.7. The van der Waals surface area contributed by atoms with Gasteiger partial charge in [-0.05, 0) is 37.5 Å². The molecule has 2 atom stereocenters. The maximum absolute atomic E-state index is 11.7. The number of halogens is 1. The Balaban J connectivity index is 0.00000144. The van der Waals surface area contributed by atoms with Gasteiger partial charge in [0.25, 0.3) is 0 Å². The fourth-order valence-corrected chi connectivity index (χ4v) is 2.29. The van der Waals surface area contributed by atoms with E-state index in [2.05, 4.69) is 5.32 Å². The lowest BCUT2D eigenvalue weighted by Gasteiger charge is -2.16. The van der Waals surface area contributed by atoms with Crippen LogP contribution in [0, 0.1) is 11.8 Å². The highest BCUT2D eigenvalue weighted by molar-refractivity contribution is 5.85. The standard InChI is InChI=1S/C12H22N2O2.ClH/c13-7-11(10-2-3-10)14-12(15)4-1-9-5-6-16-8-9;/h9-11H,1-8,13H2,(H,14,15);1H. The van der Waals surface area contributed by atoms with Crippen molar-refractivity contribution in [2.24, 2.45) is 17.6 Å². The van der Waals surface area contributed by atoms with Crippen molar-refractivity contribution in [3.8, 4) is 0 Å². The van der Waals surface area contributed by atoms with Crippen molar-refractivity contribution < 1.29 is 9.53 Å². The largest absolute Gasteiger partial charge is 0.381 e. The van der Waals surface area contributed by atoms with Crippen LogP contribution in [0.3, 0.4) is 0 Å². The van der Waals surface area contributed by atoms with Crippen molar-refractivity contribution in [3.05, 3.63) is 0 Å². The molecule has 2 rings (SSSR count). The Morgan fingerprint density at radius 1 is 1.41 bits per heavy atom. The summed E-state index contributed by atoms with van der Waals surface area (Å²) in [7, 11) is 0. The van der Waals surface area contributed by atoms with Crippen molar-refractivity contribution in [1.82, 2.24) is 5.32 Å². The zero-order chi connectivity index (χ0) is 11.4. The number of nitrogens with one attached hydrogen (secondary N) is 1. The molecule has 2 unspecified atom stereocenters. The number of hydrogen-bond donors (Lipinski definition) is 2. The first-order valence-electron chi connectivity index (χ1n) is 6.36. The normalized spacial score (nSPS) is 25.1. The number of carbonyl (C=O) groups excluding carboxylic acids is 1. The van der Waals surface area contributed by atoms with Crippen LogP contribution in [0.2, 0.25) is 0 Å². The van der Waals surface area contributed by atoms with E-state index in [0.29, 0.717) is 24.8 Å². The van der Waals surface area contributed by atoms with Gasteiger partial charge in [0.15, 0.2) is 0 Å². The minimum atomic E-state index is 0. The van der Waals surface area contributed by atoms with Gasteiger partial charge in [-0.1, -0.05) is 0 Å². The second-order valence-corrected chi connectivity index (χ2v) is 5.02. The number of nitrogens with two attached hydrogens (primary N) is 1. The van der Waals surface area contributed by atoms with Gasteiger partial charge in [-0.3, -0.25) is 4.79 Å². The summed E-state index contributed by atoms with van der Waals surface area (Å²) in [6, 6.07) is 0.215. The molecular weight excluding hydrogens is 240 g/mol. The Morgan fingerprint density at radius 2 is 2.18 bits per heavy atom. The van der Waals surface area contributed by atoms with Gasteiger partial charge in [0, 0.05) is 32.2 Å². The van der Waals surface area contributed by atoms with Gasteiger partial charge in [-0.2, -0.15) is 0 Å². The monoisotopic (exact) mass is 262 g/mol. The lowest BCUT2D eigenvalue weighted by molar-refractivity contribution is -0.122. The van der Waals surface area contributed by atoms with Crippen LogP contribution < -0.4 is 11.1 Å². The molecule has 0 aromatic heterocycles. The van der Waals surface area contributed by atoms with Gasteiger partial charge >= 0.3 is 0 Å². The highest BCUT2D eigenvalue weighted by Crippen LogP contribution is 2.32. The lowest BCUT2D eigenvalue weighted by Crippen LogP contribution is -2.41. The summed E-state index contributed by atoms with van der Waals surface area (Å²) in [6.07, 6.45) is 5.12. The van der Waals surface area contributed by atoms with E-state index in [-0.39, 0.29) is 24.4 Å². The fraction of sp³-hybridized carbons (Fsp3) is 0.917. The van der Waals surface area contributed by atoms with Gasteiger partial charge in [-0.15, -0.1) is 12.4 Å². The van der Waals surface area contributed by atoms with Crippen molar-refractivity contribution in [1.29, 1.82) is 0 Å². The predicted molar refractivity (Wildman–Crippen MR) is 69.1 cm³/mol. The molecule has 1 aliphatic carbocycles.